The molecule has 0 fully saturated rings. The minimum absolute atomic E-state index is 0.257. The van der Waals surface area contributed by atoms with Gasteiger partial charge in [-0.3, -0.25) is 0 Å². The average Bonchev–Trinajstić information content (AvgIpc) is 2.52. The number of esters is 1. The maximum absolute atomic E-state index is 11.3. The second-order valence-electron chi connectivity index (χ2n) is 7.25. The van der Waals surface area contributed by atoms with Crippen LogP contribution >= 0.6 is 0 Å². The maximum Gasteiger partial charge on any atom is 0.330 e. The second-order valence-corrected chi connectivity index (χ2v) is 7.25. The molecule has 3 heteroatoms. The molecular formula is C23H36O3. The molecule has 0 heterocycles. The molecule has 0 unspecified atom stereocenters. The summed E-state index contributed by atoms with van der Waals surface area (Å²) in [5, 5.41) is 10.2. The fraction of sp³-hybridized carbons (Fsp3) is 0.522. The summed E-state index contributed by atoms with van der Waals surface area (Å²) < 4.78 is 4.85. The summed E-state index contributed by atoms with van der Waals surface area (Å²) in [6.07, 6.45) is 13.7. The van der Waals surface area contributed by atoms with Gasteiger partial charge < -0.3 is 9.84 Å². The highest BCUT2D eigenvalue weighted by molar-refractivity contribution is 5.82. The first kappa shape index (κ1) is 24.1. The van der Waals surface area contributed by atoms with E-state index in [0.29, 0.717) is 12.5 Å². The van der Waals surface area contributed by atoms with Crippen LogP contribution in [0.4, 0.5) is 0 Å². The first-order valence-corrected chi connectivity index (χ1v) is 9.40. The summed E-state index contributed by atoms with van der Waals surface area (Å²) in [7, 11) is 0. The number of hydrogen-bond donors (Lipinski definition) is 1. The van der Waals surface area contributed by atoms with E-state index in [4.69, 9.17) is 4.74 Å². The fourth-order valence-corrected chi connectivity index (χ4v) is 2.57. The van der Waals surface area contributed by atoms with Gasteiger partial charge in [0.05, 0.1) is 12.7 Å². The van der Waals surface area contributed by atoms with Crippen LogP contribution < -0.4 is 0 Å². The highest BCUT2D eigenvalue weighted by Gasteiger charge is 2.12. The van der Waals surface area contributed by atoms with Crippen molar-refractivity contribution in [2.24, 2.45) is 11.8 Å². The highest BCUT2D eigenvalue weighted by Crippen LogP contribution is 2.17. The lowest BCUT2D eigenvalue weighted by atomic mass is 9.93. The lowest BCUT2D eigenvalue weighted by Crippen LogP contribution is -2.17. The van der Waals surface area contributed by atoms with Gasteiger partial charge in [0.25, 0.3) is 0 Å². The van der Waals surface area contributed by atoms with Crippen molar-refractivity contribution in [2.45, 2.75) is 61.0 Å². The van der Waals surface area contributed by atoms with Crippen LogP contribution in [0.15, 0.2) is 59.3 Å². The van der Waals surface area contributed by atoms with Crippen LogP contribution in [0.3, 0.4) is 0 Å². The van der Waals surface area contributed by atoms with Crippen LogP contribution in [-0.2, 0) is 9.53 Å². The van der Waals surface area contributed by atoms with Gasteiger partial charge >= 0.3 is 5.97 Å². The summed E-state index contributed by atoms with van der Waals surface area (Å²) in [4.78, 5) is 11.3. The molecule has 0 saturated heterocycles. The minimum Gasteiger partial charge on any atom is -0.463 e. The highest BCUT2D eigenvalue weighted by atomic mass is 16.5. The predicted molar refractivity (Wildman–Crippen MR) is 111 cm³/mol. The van der Waals surface area contributed by atoms with Gasteiger partial charge in [-0.15, -0.1) is 0 Å². The zero-order valence-electron chi connectivity index (χ0n) is 17.5. The summed E-state index contributed by atoms with van der Waals surface area (Å²) >= 11 is 0. The second kappa shape index (κ2) is 13.3. The third-order valence-corrected chi connectivity index (χ3v) is 3.80. The van der Waals surface area contributed by atoms with Gasteiger partial charge in [-0.05, 0) is 46.0 Å². The van der Waals surface area contributed by atoms with Crippen molar-refractivity contribution >= 4 is 5.97 Å². The van der Waals surface area contributed by atoms with Crippen molar-refractivity contribution in [3.63, 3.8) is 0 Å². The Balaban J connectivity index is 4.74. The maximum atomic E-state index is 11.3. The van der Waals surface area contributed by atoms with Crippen LogP contribution in [0, 0.1) is 11.8 Å². The summed E-state index contributed by atoms with van der Waals surface area (Å²) in [5.74, 6) is 0.516. The van der Waals surface area contributed by atoms with Gasteiger partial charge in [0.1, 0.15) is 0 Å². The van der Waals surface area contributed by atoms with E-state index >= 15 is 0 Å². The number of aliphatic hydroxyl groups is 1. The minimum atomic E-state index is -0.415. The molecule has 3 nitrogen and oxygen atoms in total. The molecule has 1 N–H and O–H groups in total. The first-order valence-electron chi connectivity index (χ1n) is 9.40. The Morgan fingerprint density at radius 1 is 1.00 bits per heavy atom. The molecule has 0 saturated carbocycles. The molecule has 0 radical (unpaired) electrons. The van der Waals surface area contributed by atoms with E-state index in [1.165, 1.54) is 6.08 Å². The van der Waals surface area contributed by atoms with E-state index in [0.717, 1.165) is 23.1 Å². The number of allylic oxidation sites excluding steroid dienone is 8. The van der Waals surface area contributed by atoms with Gasteiger partial charge in [0.15, 0.2) is 0 Å². The molecule has 0 aliphatic heterocycles. The van der Waals surface area contributed by atoms with Gasteiger partial charge in [0.2, 0.25) is 0 Å². The normalized spacial score (nSPS) is 16.6. The van der Waals surface area contributed by atoms with Crippen LogP contribution in [0.1, 0.15) is 54.9 Å². The van der Waals surface area contributed by atoms with Crippen LogP contribution in [-0.4, -0.2) is 23.8 Å². The monoisotopic (exact) mass is 360 g/mol. The van der Waals surface area contributed by atoms with Gasteiger partial charge in [-0.25, -0.2) is 4.79 Å². The molecule has 0 amide bonds. The van der Waals surface area contributed by atoms with E-state index in [-0.39, 0.29) is 11.9 Å². The lowest BCUT2D eigenvalue weighted by molar-refractivity contribution is -0.137. The molecule has 0 aliphatic carbocycles. The van der Waals surface area contributed by atoms with Crippen molar-refractivity contribution in [3.05, 3.63) is 59.3 Å². The molecule has 0 spiro atoms. The van der Waals surface area contributed by atoms with E-state index < -0.39 is 6.10 Å². The van der Waals surface area contributed by atoms with Crippen LogP contribution in [0.25, 0.3) is 0 Å². The third-order valence-electron chi connectivity index (χ3n) is 3.80. The van der Waals surface area contributed by atoms with Crippen molar-refractivity contribution in [2.75, 3.05) is 6.61 Å². The van der Waals surface area contributed by atoms with Crippen molar-refractivity contribution in [1.82, 2.24) is 0 Å². The quantitative estimate of drug-likeness (QED) is 0.316. The van der Waals surface area contributed by atoms with E-state index in [1.54, 1.807) is 13.0 Å². The zero-order valence-corrected chi connectivity index (χ0v) is 17.5. The molecule has 0 bridgehead atoms. The smallest absolute Gasteiger partial charge is 0.330 e. The zero-order chi connectivity index (χ0) is 20.1. The predicted octanol–water partition coefficient (Wildman–Crippen LogP) is 5.54. The Bertz CT molecular complexity index is 574. The number of carbonyl (C=O) groups is 1. The SMILES string of the molecule is CCOC(=O)/C=C/C(C)=C/C(C)=C/C=C/C(C)=C/[C@H](O)[C@@H](C)CC(C)C. The van der Waals surface area contributed by atoms with Crippen molar-refractivity contribution in [1.29, 1.82) is 0 Å². The van der Waals surface area contributed by atoms with E-state index in [1.807, 2.05) is 51.2 Å². The standard InChI is InChI=1S/C23H36O3/c1-8-26-23(25)13-12-20(6)15-18(4)10-9-11-19(5)16-22(24)21(7)14-17(2)3/h9-13,15-17,21-22,24H,8,14H2,1-7H3/b11-9+,13-12+,18-10+,19-16+,20-15+/t21-,22-/m0/s1. The van der Waals surface area contributed by atoms with Crippen LogP contribution in [0.2, 0.25) is 0 Å². The van der Waals surface area contributed by atoms with Gasteiger partial charge in [-0.2, -0.15) is 0 Å². The molecule has 146 valence electrons. The van der Waals surface area contributed by atoms with Crippen molar-refractivity contribution in [3.8, 4) is 0 Å². The topological polar surface area (TPSA) is 46.5 Å². The lowest BCUT2D eigenvalue weighted by Gasteiger charge is -2.18. The summed E-state index contributed by atoms with van der Waals surface area (Å²) in [6.45, 7) is 14.5. The number of ether oxygens (including phenoxy) is 1. The van der Waals surface area contributed by atoms with Crippen LogP contribution in [0.5, 0.6) is 0 Å². The molecule has 0 aromatic heterocycles. The Morgan fingerprint density at radius 2 is 1.65 bits per heavy atom. The fourth-order valence-electron chi connectivity index (χ4n) is 2.57. The summed E-state index contributed by atoms with van der Waals surface area (Å²) in [5.41, 5.74) is 3.10. The number of aliphatic hydroxyl groups excluding tert-OH is 1. The molecule has 26 heavy (non-hydrogen) atoms. The Labute approximate surface area is 159 Å². The van der Waals surface area contributed by atoms with Crippen molar-refractivity contribution < 1.29 is 14.6 Å². The average molecular weight is 361 g/mol. The number of carbonyl (C=O) groups excluding carboxylic acids is 1. The molecule has 2 atom stereocenters. The van der Waals surface area contributed by atoms with Gasteiger partial charge in [-0.1, -0.05) is 73.9 Å². The number of rotatable bonds is 10. The molecule has 0 rings (SSSR count). The Hall–Kier alpha value is -1.87. The molecular weight excluding hydrogens is 324 g/mol. The van der Waals surface area contributed by atoms with E-state index in [2.05, 4.69) is 20.8 Å². The molecule has 0 aromatic carbocycles. The number of hydrogen-bond acceptors (Lipinski definition) is 3. The Kier molecular flexibility index (Phi) is 12.4. The van der Waals surface area contributed by atoms with E-state index in [9.17, 15) is 9.90 Å². The molecule has 0 aromatic rings. The third kappa shape index (κ3) is 12.5. The largest absolute Gasteiger partial charge is 0.463 e. The Morgan fingerprint density at radius 3 is 2.23 bits per heavy atom. The first-order chi connectivity index (χ1) is 12.1. The van der Waals surface area contributed by atoms with Gasteiger partial charge in [0, 0.05) is 6.08 Å². The molecule has 0 aliphatic rings. The summed E-state index contributed by atoms with van der Waals surface area (Å²) in [6, 6.07) is 0.